The number of hydrogen-bond donors (Lipinski definition) is 1. The fourth-order valence-corrected chi connectivity index (χ4v) is 4.06. The van der Waals surface area contributed by atoms with E-state index in [9.17, 15) is 9.59 Å². The number of ether oxygens (including phenoxy) is 1. The molecule has 0 bridgehead atoms. The highest BCUT2D eigenvalue weighted by molar-refractivity contribution is 8.15. The number of aliphatic imine (C=N–C) groups is 1. The van der Waals surface area contributed by atoms with Gasteiger partial charge in [0.2, 0.25) is 11.8 Å². The molecule has 1 heterocycles. The second-order valence-electron chi connectivity index (χ2n) is 6.28. The average Bonchev–Trinajstić information content (AvgIpc) is 2.91. The summed E-state index contributed by atoms with van der Waals surface area (Å²) in [5.41, 5.74) is 2.29. The van der Waals surface area contributed by atoms with Crippen LogP contribution in [0.25, 0.3) is 0 Å². The zero-order chi connectivity index (χ0) is 20.3. The Balaban J connectivity index is 1.71. The summed E-state index contributed by atoms with van der Waals surface area (Å²) < 4.78 is 5.23. The molecule has 0 saturated carbocycles. The summed E-state index contributed by atoms with van der Waals surface area (Å²) in [6.45, 7) is 1.96. The van der Waals surface area contributed by atoms with Gasteiger partial charge in [-0.1, -0.05) is 41.6 Å². The summed E-state index contributed by atoms with van der Waals surface area (Å²) in [6.07, 6.45) is 0.0241. The first kappa shape index (κ1) is 20.2. The van der Waals surface area contributed by atoms with Crippen LogP contribution < -0.4 is 10.1 Å². The molecule has 1 unspecified atom stereocenters. The zero-order valence-corrected chi connectivity index (χ0v) is 17.3. The van der Waals surface area contributed by atoms with E-state index in [1.54, 1.807) is 25.2 Å². The van der Waals surface area contributed by atoms with Gasteiger partial charge in [-0.15, -0.1) is 0 Å². The number of anilines is 1. The van der Waals surface area contributed by atoms with Gasteiger partial charge in [-0.25, -0.2) is 4.99 Å². The van der Waals surface area contributed by atoms with Crippen molar-refractivity contribution >= 4 is 51.7 Å². The van der Waals surface area contributed by atoms with Crippen molar-refractivity contribution in [2.24, 2.45) is 4.99 Å². The van der Waals surface area contributed by atoms with E-state index in [0.717, 1.165) is 11.3 Å². The largest absolute Gasteiger partial charge is 0.495 e. The van der Waals surface area contributed by atoms with Crippen molar-refractivity contribution in [2.75, 3.05) is 19.5 Å². The third kappa shape index (κ3) is 4.48. The van der Waals surface area contributed by atoms with Crippen molar-refractivity contribution in [2.45, 2.75) is 18.6 Å². The maximum atomic E-state index is 12.6. The number of nitrogens with zero attached hydrogens (tertiary/aromatic N) is 2. The smallest absolute Gasteiger partial charge is 0.242 e. The van der Waals surface area contributed by atoms with E-state index < -0.39 is 5.25 Å². The molecule has 2 amide bonds. The molecular formula is C20H20ClN3O3S. The Labute approximate surface area is 172 Å². The molecule has 0 radical (unpaired) electrons. The fourth-order valence-electron chi connectivity index (χ4n) is 2.74. The number of methoxy groups -OCH3 is 1. The van der Waals surface area contributed by atoms with Crippen LogP contribution >= 0.6 is 23.4 Å². The van der Waals surface area contributed by atoms with E-state index in [0.29, 0.717) is 21.6 Å². The Morgan fingerprint density at radius 3 is 2.79 bits per heavy atom. The van der Waals surface area contributed by atoms with E-state index >= 15 is 0 Å². The first-order valence-electron chi connectivity index (χ1n) is 8.61. The molecule has 1 N–H and O–H groups in total. The van der Waals surface area contributed by atoms with Crippen LogP contribution in [0.3, 0.4) is 0 Å². The SMILES string of the molecule is COc1ccc(Cl)cc1NC(=O)CC1SC(=Nc2ccccc2C)N(C)C1=O. The Morgan fingerprint density at radius 2 is 2.07 bits per heavy atom. The molecule has 0 spiro atoms. The van der Waals surface area contributed by atoms with Crippen LogP contribution in [-0.2, 0) is 9.59 Å². The first-order chi connectivity index (χ1) is 13.4. The van der Waals surface area contributed by atoms with Gasteiger partial charge in [-0.3, -0.25) is 14.5 Å². The minimum atomic E-state index is -0.530. The van der Waals surface area contributed by atoms with Gasteiger partial charge < -0.3 is 10.1 Å². The topological polar surface area (TPSA) is 71.0 Å². The molecule has 1 atom stereocenters. The quantitative estimate of drug-likeness (QED) is 0.789. The minimum absolute atomic E-state index is 0.0241. The molecule has 0 aliphatic carbocycles. The number of thioether (sulfide) groups is 1. The van der Waals surface area contributed by atoms with Crippen molar-refractivity contribution < 1.29 is 14.3 Å². The molecule has 3 rings (SSSR count). The van der Waals surface area contributed by atoms with Gasteiger partial charge in [0.15, 0.2) is 5.17 Å². The summed E-state index contributed by atoms with van der Waals surface area (Å²) >= 11 is 7.28. The highest BCUT2D eigenvalue weighted by Gasteiger charge is 2.37. The molecule has 1 fully saturated rings. The normalized spacial score (nSPS) is 17.9. The Bertz CT molecular complexity index is 948. The number of halogens is 1. The standard InChI is InChI=1S/C20H20ClN3O3S/c1-12-6-4-5-7-14(12)23-20-24(2)19(26)17(28-20)11-18(25)22-15-10-13(21)8-9-16(15)27-3/h4-10,17H,11H2,1-3H3,(H,22,25). The second-order valence-corrected chi connectivity index (χ2v) is 7.89. The summed E-state index contributed by atoms with van der Waals surface area (Å²) in [7, 11) is 3.18. The number of amides is 2. The summed E-state index contributed by atoms with van der Waals surface area (Å²) in [4.78, 5) is 31.1. The molecule has 1 saturated heterocycles. The lowest BCUT2D eigenvalue weighted by Gasteiger charge is -2.12. The number of carbonyl (C=O) groups is 2. The summed E-state index contributed by atoms with van der Waals surface area (Å²) in [5.74, 6) is 0.0598. The van der Waals surface area contributed by atoms with Crippen LogP contribution in [0.15, 0.2) is 47.5 Å². The molecule has 28 heavy (non-hydrogen) atoms. The number of amidine groups is 1. The molecule has 2 aromatic carbocycles. The Morgan fingerprint density at radius 1 is 1.32 bits per heavy atom. The maximum absolute atomic E-state index is 12.6. The van der Waals surface area contributed by atoms with Gasteiger partial charge >= 0.3 is 0 Å². The Hall–Kier alpha value is -2.51. The van der Waals surface area contributed by atoms with Gasteiger partial charge in [0.1, 0.15) is 11.0 Å². The Kier molecular flexibility index (Phi) is 6.26. The number of rotatable bonds is 5. The summed E-state index contributed by atoms with van der Waals surface area (Å²) in [6, 6.07) is 12.7. The molecule has 2 aromatic rings. The number of benzene rings is 2. The van der Waals surface area contributed by atoms with E-state index in [1.807, 2.05) is 31.2 Å². The van der Waals surface area contributed by atoms with Crippen molar-refractivity contribution in [3.05, 3.63) is 53.1 Å². The van der Waals surface area contributed by atoms with Crippen LogP contribution in [0.5, 0.6) is 5.75 Å². The average molecular weight is 418 g/mol. The van der Waals surface area contributed by atoms with Crippen LogP contribution in [-0.4, -0.2) is 41.3 Å². The number of aryl methyl sites for hydroxylation is 1. The molecule has 8 heteroatoms. The number of hydrogen-bond acceptors (Lipinski definition) is 5. The number of carbonyl (C=O) groups excluding carboxylic acids is 2. The van der Waals surface area contributed by atoms with Crippen molar-refractivity contribution in [1.29, 1.82) is 0 Å². The molecule has 0 aromatic heterocycles. The van der Waals surface area contributed by atoms with Gasteiger partial charge in [0.25, 0.3) is 0 Å². The lowest BCUT2D eigenvalue weighted by molar-refractivity contribution is -0.127. The fraction of sp³-hybridized carbons (Fsp3) is 0.250. The van der Waals surface area contributed by atoms with Gasteiger partial charge in [0, 0.05) is 18.5 Å². The molecule has 146 valence electrons. The van der Waals surface area contributed by atoms with Gasteiger partial charge in [0.05, 0.1) is 18.5 Å². The van der Waals surface area contributed by atoms with Crippen LogP contribution in [0.4, 0.5) is 11.4 Å². The highest BCUT2D eigenvalue weighted by Crippen LogP contribution is 2.32. The maximum Gasteiger partial charge on any atom is 0.242 e. The van der Waals surface area contributed by atoms with Gasteiger partial charge in [-0.05, 0) is 36.8 Å². The van der Waals surface area contributed by atoms with E-state index in [2.05, 4.69) is 10.3 Å². The molecule has 1 aliphatic rings. The van der Waals surface area contributed by atoms with Crippen molar-refractivity contribution in [1.82, 2.24) is 4.90 Å². The predicted octanol–water partition coefficient (Wildman–Crippen LogP) is 4.25. The van der Waals surface area contributed by atoms with Crippen LogP contribution in [0.1, 0.15) is 12.0 Å². The molecular weight excluding hydrogens is 398 g/mol. The predicted molar refractivity (Wildman–Crippen MR) is 114 cm³/mol. The molecule has 1 aliphatic heterocycles. The van der Waals surface area contributed by atoms with Crippen molar-refractivity contribution in [3.63, 3.8) is 0 Å². The molecule has 6 nitrogen and oxygen atoms in total. The van der Waals surface area contributed by atoms with Crippen LogP contribution in [0, 0.1) is 6.92 Å². The minimum Gasteiger partial charge on any atom is -0.495 e. The van der Waals surface area contributed by atoms with E-state index in [-0.39, 0.29) is 18.2 Å². The second kappa shape index (κ2) is 8.67. The lowest BCUT2D eigenvalue weighted by Crippen LogP contribution is -2.30. The lowest BCUT2D eigenvalue weighted by atomic mass is 10.2. The third-order valence-corrected chi connectivity index (χ3v) is 5.74. The van der Waals surface area contributed by atoms with E-state index in [4.69, 9.17) is 16.3 Å². The number of nitrogens with one attached hydrogen (secondary N) is 1. The monoisotopic (exact) mass is 417 g/mol. The first-order valence-corrected chi connectivity index (χ1v) is 9.86. The number of para-hydroxylation sites is 1. The van der Waals surface area contributed by atoms with Crippen LogP contribution in [0.2, 0.25) is 5.02 Å². The van der Waals surface area contributed by atoms with Crippen molar-refractivity contribution in [3.8, 4) is 5.75 Å². The third-order valence-electron chi connectivity index (χ3n) is 4.28. The zero-order valence-electron chi connectivity index (χ0n) is 15.7. The van der Waals surface area contributed by atoms with E-state index in [1.165, 1.54) is 23.8 Å². The highest BCUT2D eigenvalue weighted by atomic mass is 35.5. The summed E-state index contributed by atoms with van der Waals surface area (Å²) in [5, 5.41) is 3.30. The van der Waals surface area contributed by atoms with Gasteiger partial charge in [-0.2, -0.15) is 0 Å².